The minimum atomic E-state index is -0.443. The van der Waals surface area contributed by atoms with E-state index in [4.69, 9.17) is 4.74 Å². The second-order valence-corrected chi connectivity index (χ2v) is 9.35. The van der Waals surface area contributed by atoms with Gasteiger partial charge in [-0.25, -0.2) is 0 Å². The molecule has 168 valence electrons. The number of nitrogens with one attached hydrogen (secondary N) is 2. The molecule has 2 fully saturated rings. The fourth-order valence-electron chi connectivity index (χ4n) is 4.47. The Morgan fingerprint density at radius 1 is 1.10 bits per heavy atom. The Bertz CT molecular complexity index is 496. The van der Waals surface area contributed by atoms with Gasteiger partial charge in [-0.1, -0.05) is 33.6 Å². The van der Waals surface area contributed by atoms with Gasteiger partial charge in [-0.05, 0) is 70.5 Å². The Labute approximate surface area is 177 Å². The van der Waals surface area contributed by atoms with Crippen LogP contribution >= 0.6 is 0 Å². The molecule has 0 aromatic rings. The Kier molecular flexibility index (Phi) is 10.4. The lowest BCUT2D eigenvalue weighted by Gasteiger charge is -2.41. The molecule has 29 heavy (non-hydrogen) atoms. The number of ether oxygens (including phenoxy) is 1. The number of carbonyl (C=O) groups is 2. The summed E-state index contributed by atoms with van der Waals surface area (Å²) < 4.78 is 5.71. The maximum Gasteiger partial charge on any atom is 0.242 e. The van der Waals surface area contributed by atoms with Gasteiger partial charge in [0.25, 0.3) is 0 Å². The smallest absolute Gasteiger partial charge is 0.242 e. The molecule has 1 atom stereocenters. The summed E-state index contributed by atoms with van der Waals surface area (Å²) in [4.78, 5) is 28.7. The molecule has 1 spiro atoms. The summed E-state index contributed by atoms with van der Waals surface area (Å²) in [6.07, 6.45) is 8.57. The third-order valence-electron chi connectivity index (χ3n) is 6.41. The topological polar surface area (TPSA) is 70.7 Å². The van der Waals surface area contributed by atoms with Crippen molar-refractivity contribution in [3.05, 3.63) is 0 Å². The Hall–Kier alpha value is -1.14. The van der Waals surface area contributed by atoms with Crippen molar-refractivity contribution in [2.75, 3.05) is 39.4 Å². The fraction of sp³-hybridized carbons (Fsp3) is 0.913. The van der Waals surface area contributed by atoms with Crippen LogP contribution < -0.4 is 10.6 Å². The van der Waals surface area contributed by atoms with Gasteiger partial charge in [0.05, 0.1) is 5.41 Å². The summed E-state index contributed by atoms with van der Waals surface area (Å²) in [5.74, 6) is 0.381. The molecule has 2 aliphatic rings. The largest absolute Gasteiger partial charge is 0.381 e. The third-order valence-corrected chi connectivity index (χ3v) is 6.41. The molecule has 2 N–H and O–H groups in total. The van der Waals surface area contributed by atoms with Gasteiger partial charge < -0.3 is 20.3 Å². The first-order chi connectivity index (χ1) is 14.0. The average Bonchev–Trinajstić information content (AvgIpc) is 2.70. The van der Waals surface area contributed by atoms with Crippen molar-refractivity contribution in [2.45, 2.75) is 84.6 Å². The van der Waals surface area contributed by atoms with Crippen molar-refractivity contribution in [2.24, 2.45) is 11.3 Å². The zero-order chi connectivity index (χ0) is 21.1. The van der Waals surface area contributed by atoms with Gasteiger partial charge in [0.2, 0.25) is 11.8 Å². The van der Waals surface area contributed by atoms with E-state index in [-0.39, 0.29) is 17.2 Å². The molecule has 0 saturated carbocycles. The van der Waals surface area contributed by atoms with Gasteiger partial charge in [-0.3, -0.25) is 9.59 Å². The standard InChI is InChI=1S/C23H43N3O3/c1-4-5-13-26-14-10-23(11-15-26)9-6-7-16-29-17-8-12-24-21(27)20(18-19(2)3)25-22(23)28/h19-20H,4-18H2,1-3H3,(H,24,27)(H,25,28)/t20-/m0/s1. The molecule has 2 saturated heterocycles. The van der Waals surface area contributed by atoms with E-state index in [0.29, 0.717) is 25.5 Å². The van der Waals surface area contributed by atoms with E-state index >= 15 is 0 Å². The van der Waals surface area contributed by atoms with Crippen LogP contribution in [0.3, 0.4) is 0 Å². The van der Waals surface area contributed by atoms with Crippen molar-refractivity contribution in [3.63, 3.8) is 0 Å². The van der Waals surface area contributed by atoms with E-state index in [1.54, 1.807) is 0 Å². The van der Waals surface area contributed by atoms with E-state index in [1.165, 1.54) is 12.8 Å². The Morgan fingerprint density at radius 2 is 1.83 bits per heavy atom. The highest BCUT2D eigenvalue weighted by molar-refractivity contribution is 5.90. The van der Waals surface area contributed by atoms with E-state index in [1.807, 2.05) is 0 Å². The fourth-order valence-corrected chi connectivity index (χ4v) is 4.47. The third kappa shape index (κ3) is 7.89. The lowest BCUT2D eigenvalue weighted by atomic mass is 9.73. The number of likely N-dealkylation sites (tertiary alicyclic amines) is 1. The molecular weight excluding hydrogens is 366 g/mol. The van der Waals surface area contributed by atoms with Gasteiger partial charge in [0, 0.05) is 19.8 Å². The lowest BCUT2D eigenvalue weighted by Crippen LogP contribution is -2.55. The monoisotopic (exact) mass is 409 g/mol. The van der Waals surface area contributed by atoms with Crippen LogP contribution in [0, 0.1) is 11.3 Å². The lowest BCUT2D eigenvalue weighted by molar-refractivity contribution is -0.138. The minimum Gasteiger partial charge on any atom is -0.381 e. The number of piperidine rings is 1. The predicted molar refractivity (Wildman–Crippen MR) is 117 cm³/mol. The van der Waals surface area contributed by atoms with E-state index < -0.39 is 6.04 Å². The van der Waals surface area contributed by atoms with Crippen molar-refractivity contribution >= 4 is 11.8 Å². The number of hydrogen-bond acceptors (Lipinski definition) is 4. The molecule has 2 rings (SSSR count). The number of carbonyl (C=O) groups excluding carboxylic acids is 2. The number of amides is 2. The first-order valence-corrected chi connectivity index (χ1v) is 11.9. The summed E-state index contributed by atoms with van der Waals surface area (Å²) in [6, 6.07) is -0.443. The van der Waals surface area contributed by atoms with Crippen LogP contribution in [-0.4, -0.2) is 62.1 Å². The summed E-state index contributed by atoms with van der Waals surface area (Å²) in [5, 5.41) is 6.16. The zero-order valence-electron chi connectivity index (χ0n) is 18.9. The summed E-state index contributed by atoms with van der Waals surface area (Å²) in [5.41, 5.74) is -0.345. The summed E-state index contributed by atoms with van der Waals surface area (Å²) in [7, 11) is 0. The number of hydrogen-bond donors (Lipinski definition) is 2. The maximum absolute atomic E-state index is 13.5. The molecule has 0 unspecified atom stereocenters. The molecule has 6 heteroatoms. The molecule has 2 aliphatic heterocycles. The highest BCUT2D eigenvalue weighted by Gasteiger charge is 2.42. The van der Waals surface area contributed by atoms with Crippen LogP contribution in [0.4, 0.5) is 0 Å². The molecule has 2 amide bonds. The van der Waals surface area contributed by atoms with Gasteiger partial charge in [0.15, 0.2) is 0 Å². The average molecular weight is 410 g/mol. The summed E-state index contributed by atoms with van der Waals surface area (Å²) >= 11 is 0. The van der Waals surface area contributed by atoms with Gasteiger partial charge in [0.1, 0.15) is 6.04 Å². The maximum atomic E-state index is 13.5. The molecule has 2 heterocycles. The quantitative estimate of drug-likeness (QED) is 0.732. The molecule has 6 nitrogen and oxygen atoms in total. The second kappa shape index (κ2) is 12.5. The molecule has 0 aromatic carbocycles. The molecule has 0 aromatic heterocycles. The molecule has 0 bridgehead atoms. The number of nitrogens with zero attached hydrogens (tertiary/aromatic N) is 1. The SMILES string of the molecule is CCCCN1CCC2(CCCCOCCCNC(=O)[C@H](CC(C)C)NC2=O)CC1. The molecular formula is C23H43N3O3. The highest BCUT2D eigenvalue weighted by Crippen LogP contribution is 2.37. The van der Waals surface area contributed by atoms with Gasteiger partial charge >= 0.3 is 0 Å². The predicted octanol–water partition coefficient (Wildman–Crippen LogP) is 3.11. The first kappa shape index (κ1) is 24.1. The van der Waals surface area contributed by atoms with Crippen LogP contribution in [0.2, 0.25) is 0 Å². The van der Waals surface area contributed by atoms with Crippen molar-refractivity contribution in [1.82, 2.24) is 15.5 Å². The molecule has 0 aliphatic carbocycles. The van der Waals surface area contributed by atoms with E-state index in [2.05, 4.69) is 36.3 Å². The Balaban J connectivity index is 2.10. The van der Waals surface area contributed by atoms with Crippen molar-refractivity contribution in [1.29, 1.82) is 0 Å². The Morgan fingerprint density at radius 3 is 2.52 bits per heavy atom. The van der Waals surface area contributed by atoms with Crippen LogP contribution in [0.25, 0.3) is 0 Å². The van der Waals surface area contributed by atoms with Crippen LogP contribution in [0.5, 0.6) is 0 Å². The zero-order valence-corrected chi connectivity index (χ0v) is 18.9. The number of unbranched alkanes of at least 4 members (excludes halogenated alkanes) is 1. The van der Waals surface area contributed by atoms with Crippen LogP contribution in [0.15, 0.2) is 0 Å². The molecule has 0 radical (unpaired) electrons. The van der Waals surface area contributed by atoms with E-state index in [0.717, 1.165) is 64.8 Å². The van der Waals surface area contributed by atoms with Crippen LogP contribution in [-0.2, 0) is 14.3 Å². The highest BCUT2D eigenvalue weighted by atomic mass is 16.5. The van der Waals surface area contributed by atoms with Gasteiger partial charge in [-0.2, -0.15) is 0 Å². The van der Waals surface area contributed by atoms with Crippen molar-refractivity contribution in [3.8, 4) is 0 Å². The summed E-state index contributed by atoms with van der Waals surface area (Å²) in [6.45, 7) is 11.5. The van der Waals surface area contributed by atoms with Crippen LogP contribution in [0.1, 0.15) is 78.6 Å². The minimum absolute atomic E-state index is 0.0559. The normalized spacial score (nSPS) is 25.4. The second-order valence-electron chi connectivity index (χ2n) is 9.35. The van der Waals surface area contributed by atoms with Gasteiger partial charge in [-0.15, -0.1) is 0 Å². The number of rotatable bonds is 5. The van der Waals surface area contributed by atoms with Crippen molar-refractivity contribution < 1.29 is 14.3 Å². The first-order valence-electron chi connectivity index (χ1n) is 11.9. The van der Waals surface area contributed by atoms with E-state index in [9.17, 15) is 9.59 Å².